The Labute approximate surface area is 141 Å². The van der Waals surface area contributed by atoms with Crippen molar-refractivity contribution in [1.29, 1.82) is 0 Å². The SMILES string of the molecule is Oc1cc(Br)ccc1C1NCCc2c1[nH]c1ccc(Cl)cc21. The molecule has 0 saturated heterocycles. The van der Waals surface area contributed by atoms with Crippen LogP contribution in [0.1, 0.15) is 22.9 Å². The number of nitrogens with one attached hydrogen (secondary N) is 2. The molecule has 2 heterocycles. The Morgan fingerprint density at radius 1 is 1.18 bits per heavy atom. The van der Waals surface area contributed by atoms with Crippen molar-refractivity contribution in [3.63, 3.8) is 0 Å². The number of H-pyrrole nitrogens is 1. The lowest BCUT2D eigenvalue weighted by Gasteiger charge is -2.25. The minimum Gasteiger partial charge on any atom is -0.508 e. The van der Waals surface area contributed by atoms with E-state index in [4.69, 9.17) is 11.6 Å². The van der Waals surface area contributed by atoms with Gasteiger partial charge in [0.2, 0.25) is 0 Å². The zero-order valence-corrected chi connectivity index (χ0v) is 14.0. The molecule has 5 heteroatoms. The lowest BCUT2D eigenvalue weighted by Crippen LogP contribution is -2.30. The van der Waals surface area contributed by atoms with Gasteiger partial charge in [0.05, 0.1) is 6.04 Å². The van der Waals surface area contributed by atoms with Crippen LogP contribution < -0.4 is 5.32 Å². The molecular weight excluding hydrogens is 364 g/mol. The van der Waals surface area contributed by atoms with Crippen molar-refractivity contribution in [2.45, 2.75) is 12.5 Å². The van der Waals surface area contributed by atoms with E-state index in [0.717, 1.165) is 39.2 Å². The second-order valence-corrected chi connectivity index (χ2v) is 6.90. The van der Waals surface area contributed by atoms with Crippen molar-refractivity contribution in [3.05, 3.63) is 62.7 Å². The highest BCUT2D eigenvalue weighted by molar-refractivity contribution is 9.10. The van der Waals surface area contributed by atoms with Crippen LogP contribution in [-0.4, -0.2) is 16.6 Å². The summed E-state index contributed by atoms with van der Waals surface area (Å²) in [5.41, 5.74) is 4.35. The van der Waals surface area contributed by atoms with E-state index in [2.05, 4.69) is 26.2 Å². The van der Waals surface area contributed by atoms with Crippen LogP contribution in [0.3, 0.4) is 0 Å². The lowest BCUT2D eigenvalue weighted by molar-refractivity contribution is 0.452. The first-order valence-electron chi connectivity index (χ1n) is 7.15. The van der Waals surface area contributed by atoms with Gasteiger partial charge in [-0.3, -0.25) is 0 Å². The van der Waals surface area contributed by atoms with Crippen LogP contribution in [0.2, 0.25) is 5.02 Å². The minimum absolute atomic E-state index is 0.0389. The van der Waals surface area contributed by atoms with Gasteiger partial charge < -0.3 is 15.4 Å². The molecule has 22 heavy (non-hydrogen) atoms. The molecule has 0 amide bonds. The number of aromatic amines is 1. The van der Waals surface area contributed by atoms with E-state index in [1.54, 1.807) is 6.07 Å². The zero-order chi connectivity index (χ0) is 15.3. The largest absolute Gasteiger partial charge is 0.508 e. The zero-order valence-electron chi connectivity index (χ0n) is 11.7. The van der Waals surface area contributed by atoms with Gasteiger partial charge in [-0.05, 0) is 42.3 Å². The second-order valence-electron chi connectivity index (χ2n) is 5.55. The molecule has 0 fully saturated rings. The summed E-state index contributed by atoms with van der Waals surface area (Å²) in [5.74, 6) is 0.288. The van der Waals surface area contributed by atoms with E-state index in [9.17, 15) is 5.11 Å². The molecule has 3 aromatic rings. The van der Waals surface area contributed by atoms with E-state index in [1.807, 2.05) is 30.3 Å². The lowest BCUT2D eigenvalue weighted by atomic mass is 9.94. The van der Waals surface area contributed by atoms with Crippen LogP contribution in [0.4, 0.5) is 0 Å². The molecule has 0 saturated carbocycles. The van der Waals surface area contributed by atoms with Crippen LogP contribution >= 0.6 is 27.5 Å². The molecule has 1 aromatic heterocycles. The average Bonchev–Trinajstić information content (AvgIpc) is 2.85. The third-order valence-corrected chi connectivity index (χ3v) is 4.95. The fraction of sp³-hybridized carbons (Fsp3) is 0.176. The van der Waals surface area contributed by atoms with E-state index < -0.39 is 0 Å². The molecule has 112 valence electrons. The normalized spacial score (nSPS) is 17.6. The Kier molecular flexibility index (Phi) is 3.40. The summed E-state index contributed by atoms with van der Waals surface area (Å²) in [7, 11) is 0. The van der Waals surface area contributed by atoms with Gasteiger partial charge in [-0.15, -0.1) is 0 Å². The van der Waals surface area contributed by atoms with Crippen LogP contribution in [0.15, 0.2) is 40.9 Å². The standard InChI is InChI=1S/C17H14BrClN2O/c18-9-1-3-12(15(22)7-9)16-17-11(5-6-20-16)13-8-10(19)2-4-14(13)21-17/h1-4,7-8,16,20-22H,5-6H2. The van der Waals surface area contributed by atoms with Crippen molar-refractivity contribution in [3.8, 4) is 5.75 Å². The number of fused-ring (bicyclic) bond motifs is 3. The highest BCUT2D eigenvalue weighted by Gasteiger charge is 2.27. The van der Waals surface area contributed by atoms with Crippen molar-refractivity contribution in [2.24, 2.45) is 0 Å². The first-order valence-corrected chi connectivity index (χ1v) is 8.32. The first-order chi connectivity index (χ1) is 10.6. The number of phenols is 1. The molecular formula is C17H14BrClN2O. The predicted octanol–water partition coefficient (Wildman–Crippen LogP) is 4.52. The Morgan fingerprint density at radius 3 is 2.86 bits per heavy atom. The molecule has 1 atom stereocenters. The quantitative estimate of drug-likeness (QED) is 0.584. The van der Waals surface area contributed by atoms with Gasteiger partial charge in [-0.1, -0.05) is 33.6 Å². The van der Waals surface area contributed by atoms with Crippen molar-refractivity contribution in [2.75, 3.05) is 6.54 Å². The maximum Gasteiger partial charge on any atom is 0.121 e. The molecule has 1 aliphatic heterocycles. The van der Waals surface area contributed by atoms with Gasteiger partial charge in [0.1, 0.15) is 5.75 Å². The van der Waals surface area contributed by atoms with Crippen LogP contribution in [0.25, 0.3) is 10.9 Å². The maximum atomic E-state index is 10.3. The molecule has 3 nitrogen and oxygen atoms in total. The number of aromatic hydroxyl groups is 1. The molecule has 0 bridgehead atoms. The summed E-state index contributed by atoms with van der Waals surface area (Å²) in [6.07, 6.45) is 0.948. The molecule has 4 rings (SSSR count). The van der Waals surface area contributed by atoms with Crippen LogP contribution in [0, 0.1) is 0 Å². The fourth-order valence-corrected chi connectivity index (χ4v) is 3.75. The summed E-state index contributed by atoms with van der Waals surface area (Å²) < 4.78 is 0.869. The van der Waals surface area contributed by atoms with Gasteiger partial charge in [0.15, 0.2) is 0 Å². The highest BCUT2D eigenvalue weighted by atomic mass is 79.9. The molecule has 1 aliphatic rings. The van der Waals surface area contributed by atoms with Crippen molar-refractivity contribution in [1.82, 2.24) is 10.3 Å². The molecule has 2 aromatic carbocycles. The Morgan fingerprint density at radius 2 is 2.05 bits per heavy atom. The van der Waals surface area contributed by atoms with Crippen molar-refractivity contribution < 1.29 is 5.11 Å². The van der Waals surface area contributed by atoms with E-state index in [1.165, 1.54) is 10.9 Å². The monoisotopic (exact) mass is 376 g/mol. The predicted molar refractivity (Wildman–Crippen MR) is 92.7 cm³/mol. The third kappa shape index (κ3) is 2.22. The summed E-state index contributed by atoms with van der Waals surface area (Å²) >= 11 is 9.52. The van der Waals surface area contributed by atoms with E-state index in [-0.39, 0.29) is 11.8 Å². The van der Waals surface area contributed by atoms with E-state index >= 15 is 0 Å². The maximum absolute atomic E-state index is 10.3. The highest BCUT2D eigenvalue weighted by Crippen LogP contribution is 2.38. The number of rotatable bonds is 1. The Bertz CT molecular complexity index is 874. The van der Waals surface area contributed by atoms with Crippen LogP contribution in [0.5, 0.6) is 5.75 Å². The van der Waals surface area contributed by atoms with Gasteiger partial charge in [-0.2, -0.15) is 0 Å². The summed E-state index contributed by atoms with van der Waals surface area (Å²) in [6, 6.07) is 11.5. The van der Waals surface area contributed by atoms with E-state index in [0.29, 0.717) is 0 Å². The third-order valence-electron chi connectivity index (χ3n) is 4.22. The molecule has 3 N–H and O–H groups in total. The fourth-order valence-electron chi connectivity index (χ4n) is 3.23. The summed E-state index contributed by atoms with van der Waals surface area (Å²) in [5, 5.41) is 15.7. The first kappa shape index (κ1) is 14.1. The van der Waals surface area contributed by atoms with Gasteiger partial charge >= 0.3 is 0 Å². The number of phenolic OH excluding ortho intramolecular Hbond substituents is 1. The number of benzene rings is 2. The number of hydrogen-bond acceptors (Lipinski definition) is 2. The molecule has 0 aliphatic carbocycles. The number of aromatic nitrogens is 1. The average molecular weight is 378 g/mol. The number of hydrogen-bond donors (Lipinski definition) is 3. The second kappa shape index (κ2) is 5.30. The molecule has 1 unspecified atom stereocenters. The summed E-state index contributed by atoms with van der Waals surface area (Å²) in [6.45, 7) is 0.868. The molecule has 0 spiro atoms. The topological polar surface area (TPSA) is 48.0 Å². The van der Waals surface area contributed by atoms with Crippen molar-refractivity contribution >= 4 is 38.4 Å². The number of halogens is 2. The van der Waals surface area contributed by atoms with Gasteiger partial charge in [0, 0.05) is 38.2 Å². The minimum atomic E-state index is -0.0389. The summed E-state index contributed by atoms with van der Waals surface area (Å²) in [4.78, 5) is 3.49. The van der Waals surface area contributed by atoms with Crippen LogP contribution in [-0.2, 0) is 6.42 Å². The smallest absolute Gasteiger partial charge is 0.121 e. The van der Waals surface area contributed by atoms with Gasteiger partial charge in [-0.25, -0.2) is 0 Å². The molecule has 0 radical (unpaired) electrons. The Hall–Kier alpha value is -1.49. The Balaban J connectivity index is 1.90. The van der Waals surface area contributed by atoms with Gasteiger partial charge in [0.25, 0.3) is 0 Å².